The molecule has 0 unspecified atom stereocenters. The zero-order valence-electron chi connectivity index (χ0n) is 9.80. The van der Waals surface area contributed by atoms with Gasteiger partial charge in [-0.2, -0.15) is 5.10 Å². The molecule has 3 N–H and O–H groups in total. The Labute approximate surface area is 104 Å². The van der Waals surface area contributed by atoms with E-state index in [1.54, 1.807) is 17.2 Å². The summed E-state index contributed by atoms with van der Waals surface area (Å²) in [4.78, 5) is 14.1. The monoisotopic (exact) mass is 246 g/mol. The van der Waals surface area contributed by atoms with Crippen LogP contribution in [-0.2, 0) is 6.54 Å². The van der Waals surface area contributed by atoms with Crippen molar-refractivity contribution < 1.29 is 9.21 Å². The van der Waals surface area contributed by atoms with Gasteiger partial charge in [-0.15, -0.1) is 0 Å². The minimum Gasteiger partial charge on any atom is -0.467 e. The van der Waals surface area contributed by atoms with Crippen LogP contribution in [0, 0.1) is 0 Å². The molecule has 0 saturated heterocycles. The molecule has 0 atom stereocenters. The number of nitrogen functional groups attached to an aromatic ring is 1. The Morgan fingerprint density at radius 3 is 3.00 bits per heavy atom. The SMILES string of the molecule is Nc1cc(C(=O)N(Cc2ccco2)C2CC2)[nH]n1. The maximum Gasteiger partial charge on any atom is 0.272 e. The van der Waals surface area contributed by atoms with Gasteiger partial charge in [-0.3, -0.25) is 9.89 Å². The number of amides is 1. The minimum absolute atomic E-state index is 0.0851. The summed E-state index contributed by atoms with van der Waals surface area (Å²) in [6.45, 7) is 0.482. The fourth-order valence-corrected chi connectivity index (χ4v) is 1.92. The second kappa shape index (κ2) is 4.21. The van der Waals surface area contributed by atoms with Crippen LogP contribution in [0.3, 0.4) is 0 Å². The van der Waals surface area contributed by atoms with Crippen molar-refractivity contribution in [1.29, 1.82) is 0 Å². The van der Waals surface area contributed by atoms with Crippen molar-refractivity contribution in [3.63, 3.8) is 0 Å². The lowest BCUT2D eigenvalue weighted by Crippen LogP contribution is -2.32. The predicted molar refractivity (Wildman–Crippen MR) is 64.6 cm³/mol. The van der Waals surface area contributed by atoms with E-state index in [4.69, 9.17) is 10.2 Å². The molecule has 2 aromatic rings. The molecule has 1 saturated carbocycles. The number of rotatable bonds is 4. The molecule has 0 aliphatic heterocycles. The highest BCUT2D eigenvalue weighted by molar-refractivity contribution is 5.93. The molecule has 1 aliphatic carbocycles. The standard InChI is InChI=1S/C12H14N4O2/c13-11-6-10(14-15-11)12(17)16(8-3-4-8)7-9-2-1-5-18-9/h1-2,5-6,8H,3-4,7H2,(H3,13,14,15). The molecule has 0 aromatic carbocycles. The van der Waals surface area contributed by atoms with E-state index in [9.17, 15) is 4.79 Å². The summed E-state index contributed by atoms with van der Waals surface area (Å²) in [6, 6.07) is 5.54. The number of furan rings is 1. The topological polar surface area (TPSA) is 88.2 Å². The van der Waals surface area contributed by atoms with E-state index in [0.29, 0.717) is 24.1 Å². The van der Waals surface area contributed by atoms with E-state index >= 15 is 0 Å². The minimum atomic E-state index is -0.0851. The van der Waals surface area contributed by atoms with Gasteiger partial charge in [0.1, 0.15) is 17.3 Å². The third-order valence-electron chi connectivity index (χ3n) is 2.98. The second-order valence-electron chi connectivity index (χ2n) is 4.45. The first kappa shape index (κ1) is 10.9. The molecule has 1 aliphatic rings. The maximum absolute atomic E-state index is 12.3. The number of anilines is 1. The largest absolute Gasteiger partial charge is 0.467 e. The first-order chi connectivity index (χ1) is 8.74. The molecule has 1 fully saturated rings. The lowest BCUT2D eigenvalue weighted by molar-refractivity contribution is 0.0711. The lowest BCUT2D eigenvalue weighted by atomic mass is 10.3. The van der Waals surface area contributed by atoms with E-state index in [1.807, 2.05) is 12.1 Å². The number of nitrogens with two attached hydrogens (primary N) is 1. The molecular weight excluding hydrogens is 232 g/mol. The van der Waals surface area contributed by atoms with Crippen LogP contribution < -0.4 is 5.73 Å². The van der Waals surface area contributed by atoms with Gasteiger partial charge in [-0.1, -0.05) is 0 Å². The molecule has 2 heterocycles. The third kappa shape index (κ3) is 2.09. The Morgan fingerprint density at radius 1 is 1.61 bits per heavy atom. The molecule has 0 bridgehead atoms. The quantitative estimate of drug-likeness (QED) is 0.853. The average Bonchev–Trinajstić information content (AvgIpc) is 2.88. The van der Waals surface area contributed by atoms with Crippen molar-refractivity contribution in [2.75, 3.05) is 5.73 Å². The highest BCUT2D eigenvalue weighted by atomic mass is 16.3. The second-order valence-corrected chi connectivity index (χ2v) is 4.45. The van der Waals surface area contributed by atoms with Crippen molar-refractivity contribution in [1.82, 2.24) is 15.1 Å². The van der Waals surface area contributed by atoms with Crippen molar-refractivity contribution in [3.05, 3.63) is 35.9 Å². The van der Waals surface area contributed by atoms with Gasteiger partial charge in [-0.05, 0) is 25.0 Å². The van der Waals surface area contributed by atoms with Gasteiger partial charge in [0.05, 0.1) is 12.8 Å². The Bertz CT molecular complexity index is 542. The highest BCUT2D eigenvalue weighted by Crippen LogP contribution is 2.29. The molecule has 6 heteroatoms. The van der Waals surface area contributed by atoms with Crippen molar-refractivity contribution >= 4 is 11.7 Å². The van der Waals surface area contributed by atoms with Gasteiger partial charge in [0.15, 0.2) is 0 Å². The summed E-state index contributed by atoms with van der Waals surface area (Å²) in [5.41, 5.74) is 5.93. The van der Waals surface area contributed by atoms with Gasteiger partial charge in [0, 0.05) is 12.1 Å². The molecule has 0 spiro atoms. The molecule has 94 valence electrons. The smallest absolute Gasteiger partial charge is 0.272 e. The Hall–Kier alpha value is -2.24. The summed E-state index contributed by atoms with van der Waals surface area (Å²) in [6.07, 6.45) is 3.69. The molecule has 1 amide bonds. The summed E-state index contributed by atoms with van der Waals surface area (Å²) >= 11 is 0. The molecule has 0 radical (unpaired) electrons. The molecule has 6 nitrogen and oxygen atoms in total. The van der Waals surface area contributed by atoms with E-state index in [2.05, 4.69) is 10.2 Å². The third-order valence-corrected chi connectivity index (χ3v) is 2.98. The first-order valence-corrected chi connectivity index (χ1v) is 5.88. The van der Waals surface area contributed by atoms with Crippen LogP contribution >= 0.6 is 0 Å². The van der Waals surface area contributed by atoms with Crippen LogP contribution in [0.4, 0.5) is 5.82 Å². The van der Waals surface area contributed by atoms with E-state index in [0.717, 1.165) is 18.6 Å². The molecule has 18 heavy (non-hydrogen) atoms. The van der Waals surface area contributed by atoms with Gasteiger partial charge in [0.2, 0.25) is 0 Å². The fraction of sp³-hybridized carbons (Fsp3) is 0.333. The van der Waals surface area contributed by atoms with Crippen LogP contribution in [0.1, 0.15) is 29.1 Å². The number of nitrogens with one attached hydrogen (secondary N) is 1. The van der Waals surface area contributed by atoms with Gasteiger partial charge >= 0.3 is 0 Å². The van der Waals surface area contributed by atoms with Crippen LogP contribution in [0.5, 0.6) is 0 Å². The van der Waals surface area contributed by atoms with E-state index in [1.165, 1.54) is 0 Å². The van der Waals surface area contributed by atoms with Crippen molar-refractivity contribution in [3.8, 4) is 0 Å². The first-order valence-electron chi connectivity index (χ1n) is 5.88. The van der Waals surface area contributed by atoms with Gasteiger partial charge < -0.3 is 15.1 Å². The number of aromatic amines is 1. The zero-order chi connectivity index (χ0) is 12.5. The Kier molecular flexibility index (Phi) is 2.55. The van der Waals surface area contributed by atoms with Gasteiger partial charge in [0.25, 0.3) is 5.91 Å². The molecule has 3 rings (SSSR count). The number of carbonyl (C=O) groups excluding carboxylic acids is 1. The number of aromatic nitrogens is 2. The normalized spacial score (nSPS) is 14.7. The van der Waals surface area contributed by atoms with Crippen LogP contribution in [-0.4, -0.2) is 27.0 Å². The number of hydrogen-bond acceptors (Lipinski definition) is 4. The lowest BCUT2D eigenvalue weighted by Gasteiger charge is -2.20. The average molecular weight is 246 g/mol. The van der Waals surface area contributed by atoms with Crippen molar-refractivity contribution in [2.24, 2.45) is 0 Å². The number of H-pyrrole nitrogens is 1. The summed E-state index contributed by atoms with van der Waals surface area (Å²) in [5, 5.41) is 6.43. The number of hydrogen-bond donors (Lipinski definition) is 2. The Morgan fingerprint density at radius 2 is 2.44 bits per heavy atom. The number of carbonyl (C=O) groups is 1. The maximum atomic E-state index is 12.3. The van der Waals surface area contributed by atoms with E-state index < -0.39 is 0 Å². The summed E-state index contributed by atoms with van der Waals surface area (Å²) in [7, 11) is 0. The van der Waals surface area contributed by atoms with Crippen LogP contribution in [0.2, 0.25) is 0 Å². The number of nitrogens with zero attached hydrogens (tertiary/aromatic N) is 2. The molecule has 2 aromatic heterocycles. The van der Waals surface area contributed by atoms with Crippen LogP contribution in [0.15, 0.2) is 28.9 Å². The zero-order valence-corrected chi connectivity index (χ0v) is 9.80. The Balaban J connectivity index is 1.79. The van der Waals surface area contributed by atoms with Crippen molar-refractivity contribution in [2.45, 2.75) is 25.4 Å². The van der Waals surface area contributed by atoms with Crippen LogP contribution in [0.25, 0.3) is 0 Å². The molecular formula is C12H14N4O2. The highest BCUT2D eigenvalue weighted by Gasteiger charge is 2.34. The van der Waals surface area contributed by atoms with Gasteiger partial charge in [-0.25, -0.2) is 0 Å². The van der Waals surface area contributed by atoms with E-state index in [-0.39, 0.29) is 5.91 Å². The summed E-state index contributed by atoms with van der Waals surface area (Å²) in [5.74, 6) is 1.02. The summed E-state index contributed by atoms with van der Waals surface area (Å²) < 4.78 is 5.29. The predicted octanol–water partition coefficient (Wildman–Crippen LogP) is 1.39. The fourth-order valence-electron chi connectivity index (χ4n) is 1.92.